The van der Waals surface area contributed by atoms with Crippen molar-refractivity contribution in [2.45, 2.75) is 18.9 Å². The monoisotopic (exact) mass is 279 g/mol. The Hall–Kier alpha value is -2.94. The minimum absolute atomic E-state index is 0.200. The van der Waals surface area contributed by atoms with Crippen LogP contribution in [0, 0.1) is 11.3 Å². The van der Waals surface area contributed by atoms with Crippen molar-refractivity contribution in [2.24, 2.45) is 0 Å². The van der Waals surface area contributed by atoms with Crippen LogP contribution in [-0.4, -0.2) is 22.1 Å². The van der Waals surface area contributed by atoms with Gasteiger partial charge < -0.3 is 10.6 Å². The first-order valence-corrected chi connectivity index (χ1v) is 6.67. The number of hydrogen-bond acceptors (Lipinski definition) is 5. The number of nitriles is 1. The maximum absolute atomic E-state index is 11.8. The molecule has 1 aromatic carbocycles. The molecule has 0 aliphatic heterocycles. The summed E-state index contributed by atoms with van der Waals surface area (Å²) in [5.41, 5.74) is 1.47. The van der Waals surface area contributed by atoms with Gasteiger partial charge in [0.25, 0.3) is 5.91 Å². The van der Waals surface area contributed by atoms with Crippen LogP contribution < -0.4 is 10.6 Å². The average Bonchev–Trinajstić information content (AvgIpc) is 3.32. The SMILES string of the molecule is N#Cc1ccccc1Nc1ccc(C(=O)NC2CC2)nn1. The molecule has 3 rings (SSSR count). The fraction of sp³-hybridized carbons (Fsp3) is 0.200. The number of carbonyl (C=O) groups is 1. The molecular formula is C15H13N5O. The molecule has 1 aliphatic rings. The predicted molar refractivity (Wildman–Crippen MR) is 77.0 cm³/mol. The quantitative estimate of drug-likeness (QED) is 0.893. The Labute approximate surface area is 121 Å². The molecule has 6 heteroatoms. The molecule has 1 amide bonds. The molecule has 1 aliphatic carbocycles. The van der Waals surface area contributed by atoms with E-state index >= 15 is 0 Å². The van der Waals surface area contributed by atoms with Gasteiger partial charge in [0.05, 0.1) is 11.3 Å². The molecule has 0 unspecified atom stereocenters. The summed E-state index contributed by atoms with van der Waals surface area (Å²) in [5.74, 6) is 0.287. The first kappa shape index (κ1) is 13.1. The van der Waals surface area contributed by atoms with Crippen LogP contribution in [0.4, 0.5) is 11.5 Å². The summed E-state index contributed by atoms with van der Waals surface area (Å²) in [4.78, 5) is 11.8. The lowest BCUT2D eigenvalue weighted by Gasteiger charge is -2.07. The molecule has 0 atom stereocenters. The van der Waals surface area contributed by atoms with E-state index in [4.69, 9.17) is 5.26 Å². The lowest BCUT2D eigenvalue weighted by molar-refractivity contribution is 0.0945. The van der Waals surface area contributed by atoms with Gasteiger partial charge >= 0.3 is 0 Å². The molecule has 0 spiro atoms. The first-order chi connectivity index (χ1) is 10.3. The van der Waals surface area contributed by atoms with Crippen LogP contribution in [0.25, 0.3) is 0 Å². The number of benzene rings is 1. The van der Waals surface area contributed by atoms with Crippen molar-refractivity contribution in [3.05, 3.63) is 47.7 Å². The molecule has 6 nitrogen and oxygen atoms in total. The number of nitrogens with one attached hydrogen (secondary N) is 2. The summed E-state index contributed by atoms with van der Waals surface area (Å²) in [5, 5.41) is 22.8. The normalized spacial score (nSPS) is 13.3. The largest absolute Gasteiger partial charge is 0.348 e. The number of rotatable bonds is 4. The van der Waals surface area contributed by atoms with E-state index in [-0.39, 0.29) is 5.91 Å². The maximum Gasteiger partial charge on any atom is 0.272 e. The van der Waals surface area contributed by atoms with Crippen molar-refractivity contribution in [3.63, 3.8) is 0 Å². The number of aromatic nitrogens is 2. The Morgan fingerprint density at radius 1 is 1.19 bits per heavy atom. The van der Waals surface area contributed by atoms with Gasteiger partial charge in [-0.25, -0.2) is 0 Å². The van der Waals surface area contributed by atoms with E-state index in [2.05, 4.69) is 26.9 Å². The second-order valence-electron chi connectivity index (χ2n) is 4.83. The smallest absolute Gasteiger partial charge is 0.272 e. The summed E-state index contributed by atoms with van der Waals surface area (Å²) in [7, 11) is 0. The van der Waals surface area contributed by atoms with Crippen molar-refractivity contribution >= 4 is 17.4 Å². The van der Waals surface area contributed by atoms with Crippen molar-refractivity contribution < 1.29 is 4.79 Å². The molecule has 1 saturated carbocycles. The molecule has 2 N–H and O–H groups in total. The number of para-hydroxylation sites is 1. The van der Waals surface area contributed by atoms with E-state index in [0.717, 1.165) is 12.8 Å². The van der Waals surface area contributed by atoms with Crippen molar-refractivity contribution in [3.8, 4) is 6.07 Å². The highest BCUT2D eigenvalue weighted by Crippen LogP contribution is 2.20. The highest BCUT2D eigenvalue weighted by Gasteiger charge is 2.24. The Kier molecular flexibility index (Phi) is 3.48. The average molecular weight is 279 g/mol. The predicted octanol–water partition coefficient (Wildman–Crippen LogP) is 1.98. The molecule has 0 saturated heterocycles. The second-order valence-corrected chi connectivity index (χ2v) is 4.83. The van der Waals surface area contributed by atoms with Gasteiger partial charge in [0, 0.05) is 6.04 Å². The van der Waals surface area contributed by atoms with Crippen LogP contribution in [-0.2, 0) is 0 Å². The van der Waals surface area contributed by atoms with Gasteiger partial charge in [-0.15, -0.1) is 10.2 Å². The van der Waals surface area contributed by atoms with Crippen LogP contribution in [0.5, 0.6) is 0 Å². The summed E-state index contributed by atoms with van der Waals surface area (Å²) in [6.45, 7) is 0. The lowest BCUT2D eigenvalue weighted by atomic mass is 10.2. The van der Waals surface area contributed by atoms with E-state index < -0.39 is 0 Å². The topological polar surface area (TPSA) is 90.7 Å². The Morgan fingerprint density at radius 2 is 2.00 bits per heavy atom. The number of hydrogen-bond donors (Lipinski definition) is 2. The molecule has 1 fully saturated rings. The van der Waals surface area contributed by atoms with E-state index in [9.17, 15) is 4.79 Å². The van der Waals surface area contributed by atoms with Gasteiger partial charge in [0.15, 0.2) is 11.5 Å². The van der Waals surface area contributed by atoms with Crippen LogP contribution in [0.15, 0.2) is 36.4 Å². The van der Waals surface area contributed by atoms with Crippen molar-refractivity contribution in [1.29, 1.82) is 5.26 Å². The standard InChI is InChI=1S/C15H13N5O/c16-9-10-3-1-2-4-12(10)18-14-8-7-13(19-20-14)15(21)17-11-5-6-11/h1-4,7-8,11H,5-6H2,(H,17,21)(H,18,20). The van der Waals surface area contributed by atoms with Gasteiger partial charge in [-0.3, -0.25) is 4.79 Å². The summed E-state index contributed by atoms with van der Waals surface area (Å²) >= 11 is 0. The van der Waals surface area contributed by atoms with Gasteiger partial charge in [-0.2, -0.15) is 5.26 Å². The van der Waals surface area contributed by atoms with Crippen molar-refractivity contribution in [1.82, 2.24) is 15.5 Å². The maximum atomic E-state index is 11.8. The van der Waals surface area contributed by atoms with Crippen LogP contribution in [0.3, 0.4) is 0 Å². The zero-order valence-electron chi connectivity index (χ0n) is 11.2. The van der Waals surface area contributed by atoms with E-state index in [1.54, 1.807) is 30.3 Å². The summed E-state index contributed by atoms with van der Waals surface area (Å²) in [6.07, 6.45) is 2.06. The summed E-state index contributed by atoms with van der Waals surface area (Å²) < 4.78 is 0. The zero-order chi connectivity index (χ0) is 14.7. The minimum atomic E-state index is -0.200. The van der Waals surface area contributed by atoms with Crippen molar-refractivity contribution in [2.75, 3.05) is 5.32 Å². The molecule has 1 heterocycles. The highest BCUT2D eigenvalue weighted by atomic mass is 16.2. The molecule has 1 aromatic heterocycles. The molecule has 21 heavy (non-hydrogen) atoms. The third kappa shape index (κ3) is 3.15. The van der Waals surface area contributed by atoms with E-state index in [1.807, 2.05) is 6.07 Å². The van der Waals surface area contributed by atoms with Crippen LogP contribution in [0.2, 0.25) is 0 Å². The molecule has 0 radical (unpaired) electrons. The van der Waals surface area contributed by atoms with E-state index in [1.165, 1.54) is 0 Å². The van der Waals surface area contributed by atoms with E-state index in [0.29, 0.717) is 28.8 Å². The first-order valence-electron chi connectivity index (χ1n) is 6.67. The van der Waals surface area contributed by atoms with Gasteiger partial charge in [0.2, 0.25) is 0 Å². The highest BCUT2D eigenvalue weighted by molar-refractivity contribution is 5.92. The second kappa shape index (κ2) is 5.59. The Morgan fingerprint density at radius 3 is 2.67 bits per heavy atom. The van der Waals surface area contributed by atoms with Gasteiger partial charge in [-0.1, -0.05) is 12.1 Å². The van der Waals surface area contributed by atoms with Gasteiger partial charge in [0.1, 0.15) is 6.07 Å². The Balaban J connectivity index is 1.72. The summed E-state index contributed by atoms with van der Waals surface area (Å²) in [6, 6.07) is 12.8. The zero-order valence-corrected chi connectivity index (χ0v) is 11.2. The van der Waals surface area contributed by atoms with Crippen LogP contribution >= 0.6 is 0 Å². The number of carbonyl (C=O) groups excluding carboxylic acids is 1. The molecule has 0 bridgehead atoms. The fourth-order valence-corrected chi connectivity index (χ4v) is 1.83. The minimum Gasteiger partial charge on any atom is -0.348 e. The molecule has 104 valence electrons. The third-order valence-electron chi connectivity index (χ3n) is 3.12. The lowest BCUT2D eigenvalue weighted by Crippen LogP contribution is -2.26. The fourth-order valence-electron chi connectivity index (χ4n) is 1.83. The molecule has 2 aromatic rings. The number of amides is 1. The third-order valence-corrected chi connectivity index (χ3v) is 3.12. The Bertz CT molecular complexity index is 701. The number of anilines is 2. The molecular weight excluding hydrogens is 266 g/mol. The number of nitrogens with zero attached hydrogens (tertiary/aromatic N) is 3. The van der Waals surface area contributed by atoms with Crippen LogP contribution in [0.1, 0.15) is 28.9 Å². The van der Waals surface area contributed by atoms with Gasteiger partial charge in [-0.05, 0) is 37.1 Å².